The molecule has 3 aliphatic heterocycles. The number of nitrogens with zero attached hydrogens (tertiary/aromatic N) is 1. The standard InChI is InChI=1S/C24H23NO5/c1-24(2)29-18-9-8-15-16-10-19-20(28-13-27-19)11-17(16)23(26)25(21(15)22(18)30-24)12-14-6-4-3-5-7-14/h3-11,15,18,21-22H,12-13H2,1-2H3/t15-,18-,21-,22-/m1/s1. The summed E-state index contributed by atoms with van der Waals surface area (Å²) in [6.07, 6.45) is 3.82. The number of ether oxygens (including phenoxy) is 4. The lowest BCUT2D eigenvalue weighted by Gasteiger charge is -2.46. The van der Waals surface area contributed by atoms with Gasteiger partial charge in [-0.2, -0.15) is 0 Å². The monoisotopic (exact) mass is 405 g/mol. The van der Waals surface area contributed by atoms with Gasteiger partial charge in [0.05, 0.1) is 6.04 Å². The summed E-state index contributed by atoms with van der Waals surface area (Å²) in [5, 5.41) is 0. The van der Waals surface area contributed by atoms with E-state index in [-0.39, 0.29) is 36.9 Å². The third-order valence-electron chi connectivity index (χ3n) is 6.33. The van der Waals surface area contributed by atoms with E-state index in [1.54, 1.807) is 0 Å². The Kier molecular flexibility index (Phi) is 3.80. The summed E-state index contributed by atoms with van der Waals surface area (Å²) < 4.78 is 23.6. The summed E-state index contributed by atoms with van der Waals surface area (Å²) >= 11 is 0. The lowest BCUT2D eigenvalue weighted by molar-refractivity contribution is -0.148. The molecule has 0 radical (unpaired) electrons. The average molecular weight is 405 g/mol. The molecular weight excluding hydrogens is 382 g/mol. The van der Waals surface area contributed by atoms with Crippen molar-refractivity contribution in [3.63, 3.8) is 0 Å². The Hall–Kier alpha value is -2.83. The number of benzene rings is 2. The van der Waals surface area contributed by atoms with Gasteiger partial charge in [-0.15, -0.1) is 0 Å². The minimum absolute atomic E-state index is 0.00494. The second-order valence-electron chi connectivity index (χ2n) is 8.68. The summed E-state index contributed by atoms with van der Waals surface area (Å²) in [6.45, 7) is 4.54. The highest BCUT2D eigenvalue weighted by Crippen LogP contribution is 2.48. The van der Waals surface area contributed by atoms with Gasteiger partial charge in [-0.25, -0.2) is 0 Å². The molecule has 0 unspecified atom stereocenters. The van der Waals surface area contributed by atoms with Crippen molar-refractivity contribution < 1.29 is 23.7 Å². The van der Waals surface area contributed by atoms with Crippen molar-refractivity contribution in [2.24, 2.45) is 0 Å². The van der Waals surface area contributed by atoms with Crippen LogP contribution in [0.2, 0.25) is 0 Å². The Labute approximate surface area is 175 Å². The highest BCUT2D eigenvalue weighted by atomic mass is 16.8. The highest BCUT2D eigenvalue weighted by molar-refractivity contribution is 5.98. The number of carbonyl (C=O) groups is 1. The van der Waals surface area contributed by atoms with Gasteiger partial charge >= 0.3 is 0 Å². The van der Waals surface area contributed by atoms with Crippen LogP contribution in [-0.2, 0) is 16.0 Å². The molecule has 154 valence electrons. The lowest BCUT2D eigenvalue weighted by Crippen LogP contribution is -2.56. The van der Waals surface area contributed by atoms with Gasteiger partial charge in [-0.1, -0.05) is 42.5 Å². The van der Waals surface area contributed by atoms with Crippen LogP contribution in [0.1, 0.15) is 41.3 Å². The van der Waals surface area contributed by atoms with Crippen molar-refractivity contribution >= 4 is 5.91 Å². The van der Waals surface area contributed by atoms with Crippen molar-refractivity contribution in [1.29, 1.82) is 0 Å². The van der Waals surface area contributed by atoms with Gasteiger partial charge in [0.15, 0.2) is 17.3 Å². The van der Waals surface area contributed by atoms with Gasteiger partial charge in [0, 0.05) is 18.0 Å². The van der Waals surface area contributed by atoms with E-state index in [1.165, 1.54) is 0 Å². The molecule has 0 spiro atoms. The summed E-state index contributed by atoms with van der Waals surface area (Å²) in [5.74, 6) is 0.603. The third kappa shape index (κ3) is 2.67. The maximum absolute atomic E-state index is 13.7. The number of fused-ring (bicyclic) bond motifs is 6. The number of rotatable bonds is 2. The molecule has 3 heterocycles. The van der Waals surface area contributed by atoms with Gasteiger partial charge in [0.25, 0.3) is 5.91 Å². The largest absolute Gasteiger partial charge is 0.454 e. The van der Waals surface area contributed by atoms with Crippen LogP contribution in [-0.4, -0.2) is 41.6 Å². The predicted molar refractivity (Wildman–Crippen MR) is 108 cm³/mol. The molecule has 0 aromatic heterocycles. The van der Waals surface area contributed by atoms with E-state index >= 15 is 0 Å². The molecule has 1 fully saturated rings. The second-order valence-corrected chi connectivity index (χ2v) is 8.68. The van der Waals surface area contributed by atoms with E-state index in [0.29, 0.717) is 23.6 Å². The van der Waals surface area contributed by atoms with Crippen molar-refractivity contribution in [1.82, 2.24) is 4.90 Å². The summed E-state index contributed by atoms with van der Waals surface area (Å²) in [6, 6.07) is 13.7. The van der Waals surface area contributed by atoms with Crippen LogP contribution in [0.5, 0.6) is 11.5 Å². The van der Waals surface area contributed by atoms with Crippen molar-refractivity contribution in [3.8, 4) is 11.5 Å². The van der Waals surface area contributed by atoms with Gasteiger partial charge < -0.3 is 23.8 Å². The first-order chi connectivity index (χ1) is 14.5. The molecule has 2 aromatic rings. The molecule has 0 bridgehead atoms. The van der Waals surface area contributed by atoms with Gasteiger partial charge in [-0.3, -0.25) is 4.79 Å². The first-order valence-corrected chi connectivity index (χ1v) is 10.3. The molecule has 0 N–H and O–H groups in total. The molecule has 30 heavy (non-hydrogen) atoms. The Bertz CT molecular complexity index is 1050. The summed E-state index contributed by atoms with van der Waals surface area (Å²) in [4.78, 5) is 15.7. The second kappa shape index (κ2) is 6.33. The molecule has 1 saturated heterocycles. The van der Waals surface area contributed by atoms with Gasteiger partial charge in [0.2, 0.25) is 6.79 Å². The SMILES string of the molecule is CC1(C)O[C@H]2[C@H]3[C@H](C=C[C@H]2O1)c1cc2c(cc1C(=O)N3Cc1ccccc1)OCO2. The van der Waals surface area contributed by atoms with Crippen molar-refractivity contribution in [2.45, 2.75) is 50.3 Å². The fourth-order valence-electron chi connectivity index (χ4n) is 5.10. The number of hydrogen-bond donors (Lipinski definition) is 0. The zero-order valence-electron chi connectivity index (χ0n) is 16.9. The van der Waals surface area contributed by atoms with Crippen LogP contribution in [0.3, 0.4) is 0 Å². The molecule has 0 saturated carbocycles. The quantitative estimate of drug-likeness (QED) is 0.715. The zero-order valence-corrected chi connectivity index (χ0v) is 16.9. The van der Waals surface area contributed by atoms with E-state index in [1.807, 2.05) is 61.2 Å². The molecule has 4 aliphatic rings. The van der Waals surface area contributed by atoms with E-state index in [9.17, 15) is 4.79 Å². The first-order valence-electron chi connectivity index (χ1n) is 10.3. The highest BCUT2D eigenvalue weighted by Gasteiger charge is 2.53. The maximum atomic E-state index is 13.7. The number of carbonyl (C=O) groups excluding carboxylic acids is 1. The van der Waals surface area contributed by atoms with E-state index in [2.05, 4.69) is 12.2 Å². The Morgan fingerprint density at radius 2 is 1.80 bits per heavy atom. The Balaban J connectivity index is 1.48. The Morgan fingerprint density at radius 1 is 1.03 bits per heavy atom. The summed E-state index contributed by atoms with van der Waals surface area (Å²) in [5.41, 5.74) is 2.71. The lowest BCUT2D eigenvalue weighted by atomic mass is 9.75. The van der Waals surface area contributed by atoms with E-state index in [0.717, 1.165) is 11.1 Å². The molecular formula is C24H23NO5. The summed E-state index contributed by atoms with van der Waals surface area (Å²) in [7, 11) is 0. The minimum Gasteiger partial charge on any atom is -0.454 e. The number of amides is 1. The number of hydrogen-bond acceptors (Lipinski definition) is 5. The smallest absolute Gasteiger partial charge is 0.254 e. The predicted octanol–water partition coefficient (Wildman–Crippen LogP) is 3.61. The fourth-order valence-corrected chi connectivity index (χ4v) is 5.10. The normalized spacial score (nSPS) is 30.1. The molecule has 6 nitrogen and oxygen atoms in total. The minimum atomic E-state index is -0.689. The zero-order chi connectivity index (χ0) is 20.5. The van der Waals surface area contributed by atoms with Crippen LogP contribution >= 0.6 is 0 Å². The van der Waals surface area contributed by atoms with Crippen LogP contribution in [0.25, 0.3) is 0 Å². The molecule has 1 amide bonds. The molecule has 1 aliphatic carbocycles. The first kappa shape index (κ1) is 18.0. The van der Waals surface area contributed by atoms with Crippen LogP contribution in [0.15, 0.2) is 54.6 Å². The van der Waals surface area contributed by atoms with Crippen LogP contribution < -0.4 is 9.47 Å². The van der Waals surface area contributed by atoms with E-state index in [4.69, 9.17) is 18.9 Å². The van der Waals surface area contributed by atoms with E-state index < -0.39 is 5.79 Å². The molecule has 2 aromatic carbocycles. The Morgan fingerprint density at radius 3 is 2.60 bits per heavy atom. The molecule has 6 heteroatoms. The van der Waals surface area contributed by atoms with Gasteiger partial charge in [0.1, 0.15) is 12.2 Å². The average Bonchev–Trinajstić information content (AvgIpc) is 3.32. The molecule has 6 rings (SSSR count). The van der Waals surface area contributed by atoms with Crippen LogP contribution in [0, 0.1) is 0 Å². The topological polar surface area (TPSA) is 57.2 Å². The fraction of sp³-hybridized carbons (Fsp3) is 0.375. The van der Waals surface area contributed by atoms with Gasteiger partial charge in [-0.05, 0) is 37.1 Å². The third-order valence-corrected chi connectivity index (χ3v) is 6.33. The van der Waals surface area contributed by atoms with Crippen molar-refractivity contribution in [2.75, 3.05) is 6.79 Å². The van der Waals surface area contributed by atoms with Crippen LogP contribution in [0.4, 0.5) is 0 Å². The van der Waals surface area contributed by atoms with Crippen molar-refractivity contribution in [3.05, 3.63) is 71.3 Å². The maximum Gasteiger partial charge on any atom is 0.254 e. The molecule has 4 atom stereocenters.